The monoisotopic (exact) mass is 262 g/mol. The molecule has 0 saturated heterocycles. The fraction of sp³-hybridized carbons (Fsp3) is 0.818. The fourth-order valence-electron chi connectivity index (χ4n) is 1.22. The van der Waals surface area contributed by atoms with Crippen LogP contribution in [0.5, 0.6) is 0 Å². The number of aliphatic carboxylic acids is 1. The third-order valence-corrected chi connectivity index (χ3v) is 2.22. The van der Waals surface area contributed by atoms with Gasteiger partial charge in [-0.3, -0.25) is 4.79 Å². The van der Waals surface area contributed by atoms with Crippen LogP contribution in [0.15, 0.2) is 0 Å². The molecule has 0 aliphatic heterocycles. The van der Waals surface area contributed by atoms with E-state index in [1.807, 2.05) is 0 Å². The standard InChI is InChI=1S/C11H22N2O5/c1-3-13(6-4-10(14)15)11(16)12-5-7-18-9-8-17-2/h3-9H2,1-2H3,(H,12,16)(H,14,15). The molecule has 0 atom stereocenters. The molecular formula is C11H22N2O5. The topological polar surface area (TPSA) is 88.1 Å². The van der Waals surface area contributed by atoms with Crippen LogP contribution in [0.3, 0.4) is 0 Å². The number of carboxylic acids is 1. The van der Waals surface area contributed by atoms with Crippen molar-refractivity contribution in [2.75, 3.05) is 46.6 Å². The number of ether oxygens (including phenoxy) is 2. The van der Waals surface area contributed by atoms with Crippen molar-refractivity contribution in [2.45, 2.75) is 13.3 Å². The maximum atomic E-state index is 11.6. The Balaban J connectivity index is 3.66. The first kappa shape index (κ1) is 16.7. The van der Waals surface area contributed by atoms with Crippen molar-refractivity contribution in [2.24, 2.45) is 0 Å². The van der Waals surface area contributed by atoms with Crippen LogP contribution < -0.4 is 5.32 Å². The summed E-state index contributed by atoms with van der Waals surface area (Å²) in [5, 5.41) is 11.2. The number of urea groups is 1. The fourth-order valence-corrected chi connectivity index (χ4v) is 1.22. The minimum Gasteiger partial charge on any atom is -0.481 e. The van der Waals surface area contributed by atoms with Crippen molar-refractivity contribution in [1.82, 2.24) is 10.2 Å². The summed E-state index contributed by atoms with van der Waals surface area (Å²) in [4.78, 5) is 23.5. The molecule has 106 valence electrons. The smallest absolute Gasteiger partial charge is 0.317 e. The zero-order valence-electron chi connectivity index (χ0n) is 11.0. The largest absolute Gasteiger partial charge is 0.481 e. The lowest BCUT2D eigenvalue weighted by Gasteiger charge is -2.20. The first-order valence-corrected chi connectivity index (χ1v) is 5.93. The Morgan fingerprint density at radius 1 is 1.28 bits per heavy atom. The van der Waals surface area contributed by atoms with Crippen LogP contribution in [0.2, 0.25) is 0 Å². The third kappa shape index (κ3) is 8.77. The molecule has 2 N–H and O–H groups in total. The van der Waals surface area contributed by atoms with E-state index in [1.54, 1.807) is 14.0 Å². The molecule has 2 amide bonds. The summed E-state index contributed by atoms with van der Waals surface area (Å²) in [6.07, 6.45) is -0.0500. The van der Waals surface area contributed by atoms with Gasteiger partial charge in [0.25, 0.3) is 0 Å². The number of nitrogens with one attached hydrogen (secondary N) is 1. The number of methoxy groups -OCH3 is 1. The summed E-state index contributed by atoms with van der Waals surface area (Å²) >= 11 is 0. The summed E-state index contributed by atoms with van der Waals surface area (Å²) < 4.78 is 9.99. The van der Waals surface area contributed by atoms with Crippen LogP contribution in [0.25, 0.3) is 0 Å². The lowest BCUT2D eigenvalue weighted by molar-refractivity contribution is -0.137. The average molecular weight is 262 g/mol. The number of rotatable bonds is 10. The highest BCUT2D eigenvalue weighted by atomic mass is 16.5. The van der Waals surface area contributed by atoms with Gasteiger partial charge in [0, 0.05) is 26.7 Å². The Bertz CT molecular complexity index is 248. The molecule has 18 heavy (non-hydrogen) atoms. The molecule has 0 unspecified atom stereocenters. The van der Waals surface area contributed by atoms with E-state index in [9.17, 15) is 9.59 Å². The van der Waals surface area contributed by atoms with Gasteiger partial charge in [-0.1, -0.05) is 0 Å². The molecule has 0 heterocycles. The van der Waals surface area contributed by atoms with Crippen molar-refractivity contribution >= 4 is 12.0 Å². The Hall–Kier alpha value is -1.34. The Kier molecular flexibility index (Phi) is 9.99. The SMILES string of the molecule is CCN(CCC(=O)O)C(=O)NCCOCCOC. The van der Waals surface area contributed by atoms with Gasteiger partial charge in [-0.2, -0.15) is 0 Å². The minimum atomic E-state index is -0.913. The maximum absolute atomic E-state index is 11.6. The van der Waals surface area contributed by atoms with Crippen LogP contribution in [-0.2, 0) is 14.3 Å². The molecule has 0 aliphatic carbocycles. The molecule has 0 aromatic carbocycles. The molecular weight excluding hydrogens is 240 g/mol. The van der Waals surface area contributed by atoms with Gasteiger partial charge in [-0.15, -0.1) is 0 Å². The molecule has 0 aliphatic rings. The molecule has 7 heteroatoms. The first-order chi connectivity index (χ1) is 8.61. The van der Waals surface area contributed by atoms with Crippen LogP contribution in [0.4, 0.5) is 4.79 Å². The summed E-state index contributed by atoms with van der Waals surface area (Å²) in [7, 11) is 1.59. The van der Waals surface area contributed by atoms with E-state index in [1.165, 1.54) is 4.90 Å². The zero-order valence-corrected chi connectivity index (χ0v) is 11.0. The summed E-state index contributed by atoms with van der Waals surface area (Å²) in [6.45, 7) is 4.30. The van der Waals surface area contributed by atoms with Crippen LogP contribution in [0.1, 0.15) is 13.3 Å². The quantitative estimate of drug-likeness (QED) is 0.547. The molecule has 0 bridgehead atoms. The lowest BCUT2D eigenvalue weighted by Crippen LogP contribution is -2.42. The molecule has 7 nitrogen and oxygen atoms in total. The number of hydrogen-bond donors (Lipinski definition) is 2. The zero-order chi connectivity index (χ0) is 13.8. The molecule has 0 saturated carbocycles. The predicted molar refractivity (Wildman–Crippen MR) is 65.6 cm³/mol. The first-order valence-electron chi connectivity index (χ1n) is 5.93. The number of nitrogens with zero attached hydrogens (tertiary/aromatic N) is 1. The number of carboxylic acid groups (broad SMARTS) is 1. The third-order valence-electron chi connectivity index (χ3n) is 2.22. The molecule has 0 aromatic heterocycles. The van der Waals surface area contributed by atoms with E-state index in [2.05, 4.69) is 5.32 Å². The van der Waals surface area contributed by atoms with Crippen molar-refractivity contribution in [3.05, 3.63) is 0 Å². The molecule has 0 aromatic rings. The van der Waals surface area contributed by atoms with Crippen molar-refractivity contribution < 1.29 is 24.2 Å². The van der Waals surface area contributed by atoms with Gasteiger partial charge in [-0.25, -0.2) is 4.79 Å². The van der Waals surface area contributed by atoms with Crippen molar-refractivity contribution in [1.29, 1.82) is 0 Å². The van der Waals surface area contributed by atoms with Crippen LogP contribution >= 0.6 is 0 Å². The van der Waals surface area contributed by atoms with Gasteiger partial charge in [0.2, 0.25) is 0 Å². The van der Waals surface area contributed by atoms with Crippen LogP contribution in [-0.4, -0.2) is 68.6 Å². The Morgan fingerprint density at radius 3 is 2.56 bits per heavy atom. The van der Waals surface area contributed by atoms with Gasteiger partial charge >= 0.3 is 12.0 Å². The second kappa shape index (κ2) is 10.8. The highest BCUT2D eigenvalue weighted by Crippen LogP contribution is 1.92. The van der Waals surface area contributed by atoms with E-state index in [4.69, 9.17) is 14.6 Å². The number of amides is 2. The summed E-state index contributed by atoms with van der Waals surface area (Å²) in [5.41, 5.74) is 0. The molecule has 0 rings (SSSR count). The van der Waals surface area contributed by atoms with Crippen molar-refractivity contribution in [3.63, 3.8) is 0 Å². The molecule has 0 spiro atoms. The second-order valence-corrected chi connectivity index (χ2v) is 3.56. The van der Waals surface area contributed by atoms with E-state index < -0.39 is 5.97 Å². The average Bonchev–Trinajstić information content (AvgIpc) is 2.34. The predicted octanol–water partition coefficient (Wildman–Crippen LogP) is 0.156. The van der Waals surface area contributed by atoms with Gasteiger partial charge < -0.3 is 24.8 Å². The highest BCUT2D eigenvalue weighted by molar-refractivity contribution is 5.75. The highest BCUT2D eigenvalue weighted by Gasteiger charge is 2.11. The van der Waals surface area contributed by atoms with E-state index >= 15 is 0 Å². The maximum Gasteiger partial charge on any atom is 0.317 e. The molecule has 0 radical (unpaired) electrons. The second-order valence-electron chi connectivity index (χ2n) is 3.56. The Labute approximate surface area is 107 Å². The summed E-state index contributed by atoms with van der Waals surface area (Å²) in [5.74, 6) is -0.913. The summed E-state index contributed by atoms with van der Waals surface area (Å²) in [6, 6.07) is -0.269. The minimum absolute atomic E-state index is 0.0500. The number of hydrogen-bond acceptors (Lipinski definition) is 4. The molecule has 0 fully saturated rings. The van der Waals surface area contributed by atoms with Gasteiger partial charge in [0.1, 0.15) is 0 Å². The normalized spacial score (nSPS) is 10.1. The van der Waals surface area contributed by atoms with Gasteiger partial charge in [0.15, 0.2) is 0 Å². The van der Waals surface area contributed by atoms with Crippen LogP contribution in [0, 0.1) is 0 Å². The number of carbonyl (C=O) groups excluding carboxylic acids is 1. The van der Waals surface area contributed by atoms with Crippen molar-refractivity contribution in [3.8, 4) is 0 Å². The Morgan fingerprint density at radius 2 is 2.00 bits per heavy atom. The van der Waals surface area contributed by atoms with E-state index in [0.717, 1.165) is 0 Å². The van der Waals surface area contributed by atoms with Gasteiger partial charge in [0.05, 0.1) is 26.2 Å². The van der Waals surface area contributed by atoms with E-state index in [0.29, 0.717) is 32.9 Å². The lowest BCUT2D eigenvalue weighted by atomic mass is 10.4. The number of carbonyl (C=O) groups is 2. The van der Waals surface area contributed by atoms with E-state index in [-0.39, 0.29) is 19.0 Å². The van der Waals surface area contributed by atoms with Gasteiger partial charge in [-0.05, 0) is 6.92 Å².